The van der Waals surface area contributed by atoms with Crippen LogP contribution in [-0.2, 0) is 0 Å². The van der Waals surface area contributed by atoms with Crippen molar-refractivity contribution in [1.82, 2.24) is 0 Å². The van der Waals surface area contributed by atoms with E-state index in [2.05, 4.69) is 41.5 Å². The molecule has 1 nitrogen and oxygen atoms in total. The normalized spacial score (nSPS) is 27.4. The second kappa shape index (κ2) is 4.08. The summed E-state index contributed by atoms with van der Waals surface area (Å²) in [5.74, 6) is 1.15. The van der Waals surface area contributed by atoms with Crippen LogP contribution in [0.4, 0.5) is 0 Å². The van der Waals surface area contributed by atoms with Crippen molar-refractivity contribution in [2.45, 2.75) is 66.9 Å². The predicted octanol–water partition coefficient (Wildman–Crippen LogP) is 3.86. The van der Waals surface area contributed by atoms with Gasteiger partial charge in [-0.25, -0.2) is 0 Å². The van der Waals surface area contributed by atoms with Crippen LogP contribution < -0.4 is 0 Å². The number of aliphatic hydroxyl groups is 1. The molecule has 0 aliphatic heterocycles. The predicted molar refractivity (Wildman–Crippen MR) is 65.7 cm³/mol. The summed E-state index contributed by atoms with van der Waals surface area (Å²) in [5, 5.41) is 10.3. The van der Waals surface area contributed by atoms with Crippen molar-refractivity contribution in [2.75, 3.05) is 0 Å². The van der Waals surface area contributed by atoms with Crippen LogP contribution in [0.3, 0.4) is 0 Å². The first-order chi connectivity index (χ1) is 6.75. The Morgan fingerprint density at radius 1 is 1.13 bits per heavy atom. The summed E-state index contributed by atoms with van der Waals surface area (Å²) >= 11 is 0. The van der Waals surface area contributed by atoms with Gasteiger partial charge in [0.2, 0.25) is 0 Å². The van der Waals surface area contributed by atoms with Gasteiger partial charge in [0.1, 0.15) is 0 Å². The molecule has 2 unspecified atom stereocenters. The van der Waals surface area contributed by atoms with Crippen molar-refractivity contribution >= 4 is 0 Å². The van der Waals surface area contributed by atoms with Gasteiger partial charge < -0.3 is 5.11 Å². The van der Waals surface area contributed by atoms with E-state index in [0.717, 1.165) is 6.42 Å². The molecule has 0 aromatic rings. The maximum Gasteiger partial charge on any atom is 0.0581 e. The molecular formula is C14H28O. The van der Waals surface area contributed by atoms with Gasteiger partial charge in [-0.3, -0.25) is 0 Å². The monoisotopic (exact) mass is 212 g/mol. The number of hydrogen-bond donors (Lipinski definition) is 1. The Balaban J connectivity index is 2.47. The van der Waals surface area contributed by atoms with E-state index in [-0.39, 0.29) is 6.10 Å². The summed E-state index contributed by atoms with van der Waals surface area (Å²) in [6, 6.07) is 0. The molecule has 1 fully saturated rings. The third-order valence-electron chi connectivity index (χ3n) is 4.94. The molecule has 0 bridgehead atoms. The molecule has 0 spiro atoms. The Labute approximate surface area is 95.3 Å². The van der Waals surface area contributed by atoms with Gasteiger partial charge in [0.05, 0.1) is 6.10 Å². The molecule has 2 atom stereocenters. The first-order valence-electron chi connectivity index (χ1n) is 6.43. The Bertz CT molecular complexity index is 203. The highest BCUT2D eigenvalue weighted by Gasteiger charge is 2.66. The van der Waals surface area contributed by atoms with Crippen LogP contribution in [0.25, 0.3) is 0 Å². The number of rotatable bonds is 5. The van der Waals surface area contributed by atoms with Crippen LogP contribution >= 0.6 is 0 Å². The zero-order valence-corrected chi connectivity index (χ0v) is 11.3. The molecule has 1 aliphatic carbocycles. The topological polar surface area (TPSA) is 20.2 Å². The molecule has 0 aromatic heterocycles. The van der Waals surface area contributed by atoms with Crippen LogP contribution in [0.1, 0.15) is 60.8 Å². The molecule has 1 rings (SSSR count). The van der Waals surface area contributed by atoms with Gasteiger partial charge >= 0.3 is 0 Å². The maximum atomic E-state index is 10.3. The van der Waals surface area contributed by atoms with E-state index in [1.54, 1.807) is 0 Å². The third-order valence-corrected chi connectivity index (χ3v) is 4.94. The maximum absolute atomic E-state index is 10.3. The minimum absolute atomic E-state index is 0.100. The zero-order chi connectivity index (χ0) is 11.9. The standard InChI is InChI=1S/C14H28O/c1-7-8-10(2)9-11(15)12-13(3,4)14(12,5)6/h10-12,15H,7-9H2,1-6H3. The fourth-order valence-corrected chi connectivity index (χ4v) is 3.37. The van der Waals surface area contributed by atoms with Crippen LogP contribution in [0.5, 0.6) is 0 Å². The van der Waals surface area contributed by atoms with Gasteiger partial charge in [-0.1, -0.05) is 54.4 Å². The van der Waals surface area contributed by atoms with Gasteiger partial charge in [-0.2, -0.15) is 0 Å². The Kier molecular flexibility index (Phi) is 3.55. The van der Waals surface area contributed by atoms with Crippen molar-refractivity contribution in [3.63, 3.8) is 0 Å². The van der Waals surface area contributed by atoms with Crippen molar-refractivity contribution in [2.24, 2.45) is 22.7 Å². The third kappa shape index (κ3) is 2.22. The van der Waals surface area contributed by atoms with E-state index in [0.29, 0.717) is 22.7 Å². The lowest BCUT2D eigenvalue weighted by atomic mass is 9.94. The van der Waals surface area contributed by atoms with E-state index in [1.165, 1.54) is 12.8 Å². The van der Waals surface area contributed by atoms with Gasteiger partial charge in [0.25, 0.3) is 0 Å². The van der Waals surface area contributed by atoms with E-state index >= 15 is 0 Å². The minimum atomic E-state index is -0.100. The Morgan fingerprint density at radius 3 is 1.93 bits per heavy atom. The first kappa shape index (κ1) is 13.0. The van der Waals surface area contributed by atoms with Crippen molar-refractivity contribution < 1.29 is 5.11 Å². The lowest BCUT2D eigenvalue weighted by Gasteiger charge is -2.17. The molecule has 0 aromatic carbocycles. The molecule has 15 heavy (non-hydrogen) atoms. The van der Waals surface area contributed by atoms with E-state index in [9.17, 15) is 5.11 Å². The van der Waals surface area contributed by atoms with Gasteiger partial charge in [0.15, 0.2) is 0 Å². The van der Waals surface area contributed by atoms with Crippen LogP contribution in [0.15, 0.2) is 0 Å². The minimum Gasteiger partial charge on any atom is -0.393 e. The average Bonchev–Trinajstić information content (AvgIpc) is 2.42. The quantitative estimate of drug-likeness (QED) is 0.734. The largest absolute Gasteiger partial charge is 0.393 e. The molecule has 0 saturated heterocycles. The second-order valence-corrected chi connectivity index (χ2v) is 6.62. The molecule has 90 valence electrons. The van der Waals surface area contributed by atoms with Crippen LogP contribution in [0, 0.1) is 22.7 Å². The summed E-state index contributed by atoms with van der Waals surface area (Å²) in [5.41, 5.74) is 0.636. The lowest BCUT2D eigenvalue weighted by Crippen LogP contribution is -2.17. The first-order valence-corrected chi connectivity index (χ1v) is 6.43. The molecule has 0 radical (unpaired) electrons. The van der Waals surface area contributed by atoms with Crippen LogP contribution in [0.2, 0.25) is 0 Å². The summed E-state index contributed by atoms with van der Waals surface area (Å²) in [6.07, 6.45) is 3.35. The van der Waals surface area contributed by atoms with Crippen molar-refractivity contribution in [3.05, 3.63) is 0 Å². The van der Waals surface area contributed by atoms with E-state index in [1.807, 2.05) is 0 Å². The lowest BCUT2D eigenvalue weighted by molar-refractivity contribution is 0.102. The average molecular weight is 212 g/mol. The van der Waals surface area contributed by atoms with Crippen molar-refractivity contribution in [3.8, 4) is 0 Å². The fraction of sp³-hybridized carbons (Fsp3) is 1.00. The van der Waals surface area contributed by atoms with E-state index < -0.39 is 0 Å². The molecule has 1 N–H and O–H groups in total. The SMILES string of the molecule is CCCC(C)CC(O)C1C(C)(C)C1(C)C. The van der Waals surface area contributed by atoms with Crippen LogP contribution in [-0.4, -0.2) is 11.2 Å². The fourth-order valence-electron chi connectivity index (χ4n) is 3.37. The van der Waals surface area contributed by atoms with Crippen molar-refractivity contribution in [1.29, 1.82) is 0 Å². The smallest absolute Gasteiger partial charge is 0.0581 e. The molecule has 0 amide bonds. The summed E-state index contributed by atoms with van der Waals surface area (Å²) in [7, 11) is 0. The summed E-state index contributed by atoms with van der Waals surface area (Å²) < 4.78 is 0. The highest BCUT2D eigenvalue weighted by Crippen LogP contribution is 2.70. The molecule has 0 heterocycles. The summed E-state index contributed by atoms with van der Waals surface area (Å²) in [4.78, 5) is 0. The Morgan fingerprint density at radius 2 is 1.60 bits per heavy atom. The molecule has 1 heteroatoms. The highest BCUT2D eigenvalue weighted by atomic mass is 16.3. The van der Waals surface area contributed by atoms with Gasteiger partial charge in [-0.15, -0.1) is 0 Å². The van der Waals surface area contributed by atoms with Gasteiger partial charge in [0, 0.05) is 0 Å². The summed E-state index contributed by atoms with van der Waals surface area (Å²) in [6.45, 7) is 13.6. The second-order valence-electron chi connectivity index (χ2n) is 6.62. The molecule has 1 saturated carbocycles. The van der Waals surface area contributed by atoms with Gasteiger partial charge in [-0.05, 0) is 29.1 Å². The molecular weight excluding hydrogens is 184 g/mol. The number of hydrogen-bond acceptors (Lipinski definition) is 1. The Hall–Kier alpha value is -0.0400. The van der Waals surface area contributed by atoms with E-state index in [4.69, 9.17) is 0 Å². The number of aliphatic hydroxyl groups excluding tert-OH is 1. The highest BCUT2D eigenvalue weighted by molar-refractivity contribution is 5.14. The zero-order valence-electron chi connectivity index (χ0n) is 11.3. The molecule has 1 aliphatic rings.